The van der Waals surface area contributed by atoms with Crippen molar-refractivity contribution in [2.45, 2.75) is 130 Å². The third-order valence-corrected chi connectivity index (χ3v) is 22.7. The van der Waals surface area contributed by atoms with Gasteiger partial charge in [-0.3, -0.25) is 43.3 Å². The summed E-state index contributed by atoms with van der Waals surface area (Å²) in [6.45, 7) is 18.3. The van der Waals surface area contributed by atoms with Crippen LogP contribution in [0.3, 0.4) is 0 Å². The summed E-state index contributed by atoms with van der Waals surface area (Å²) in [4.78, 5) is 169. The summed E-state index contributed by atoms with van der Waals surface area (Å²) in [5.41, 5.74) is 17.1. The number of aliphatic carboxylic acids is 2. The van der Waals surface area contributed by atoms with Crippen LogP contribution in [0.1, 0.15) is 154 Å². The fraction of sp³-hybridized carbons (Fsp3) is 0.447. The molecule has 9 rings (SSSR count). The number of H-pyrrole nitrogens is 3. The van der Waals surface area contributed by atoms with Crippen LogP contribution in [0.4, 0.5) is 11.5 Å². The number of carboxylic acids is 2. The number of ether oxygens (including phenoxy) is 8. The van der Waals surface area contributed by atoms with Gasteiger partial charge < -0.3 is 94.9 Å². The van der Waals surface area contributed by atoms with E-state index in [0.29, 0.717) is 140 Å². The number of aryl methyl sites for hydroxylation is 2. The summed E-state index contributed by atoms with van der Waals surface area (Å²) in [7, 11) is 3.74. The second-order valence-corrected chi connectivity index (χ2v) is 31.3. The first-order valence-corrected chi connectivity index (χ1v) is 42.0. The van der Waals surface area contributed by atoms with Crippen molar-refractivity contribution in [1.29, 1.82) is 0 Å². The topological polar surface area (TPSA) is 475 Å². The quantitative estimate of drug-likeness (QED) is 0.00988. The third kappa shape index (κ3) is 26.0. The molecule has 0 radical (unpaired) electrons. The molecule has 8 bridgehead atoms. The lowest BCUT2D eigenvalue weighted by molar-refractivity contribution is -0.146. The number of pyridine rings is 1. The number of aromatic amines is 3. The van der Waals surface area contributed by atoms with E-state index >= 15 is 0 Å². The number of carbonyl (C=O) groups excluding carboxylic acids is 8. The number of nitrogens with two attached hydrogens (primary N) is 1. The Balaban J connectivity index is 0.592. The molecule has 1 aliphatic carbocycles. The molecule has 4 aliphatic rings. The van der Waals surface area contributed by atoms with Gasteiger partial charge in [0.05, 0.1) is 132 Å². The number of anilines is 2. The molecule has 0 unspecified atom stereocenters. The molecule has 7 heterocycles. The van der Waals surface area contributed by atoms with Gasteiger partial charge in [-0.25, -0.2) is 24.5 Å². The molecule has 120 heavy (non-hydrogen) atoms. The van der Waals surface area contributed by atoms with E-state index in [1.54, 1.807) is 31.2 Å². The van der Waals surface area contributed by atoms with E-state index in [2.05, 4.69) is 52.8 Å². The van der Waals surface area contributed by atoms with Crippen molar-refractivity contribution in [3.8, 4) is 0 Å². The molecule has 0 saturated carbocycles. The number of amides is 3. The average Bonchev–Trinajstić information content (AvgIpc) is 1.60. The summed E-state index contributed by atoms with van der Waals surface area (Å²) in [5, 5.41) is 30.3. The summed E-state index contributed by atoms with van der Waals surface area (Å²) in [5.74, 6) is -6.12. The minimum absolute atomic E-state index is 0.00693. The van der Waals surface area contributed by atoms with Crippen LogP contribution in [0, 0.1) is 12.8 Å². The van der Waals surface area contributed by atoms with E-state index in [1.165, 1.54) is 60.0 Å². The fourth-order valence-corrected chi connectivity index (χ4v) is 15.7. The molecule has 3 aliphatic heterocycles. The average molecular weight is 1690 g/mol. The lowest BCUT2D eigenvalue weighted by Gasteiger charge is -2.37. The summed E-state index contributed by atoms with van der Waals surface area (Å²) in [6, 6.07) is 13.0. The zero-order valence-corrected chi connectivity index (χ0v) is 70.0. The Labute approximate surface area is 701 Å². The number of nitrogen functional groups attached to an aromatic ring is 1. The maximum absolute atomic E-state index is 14.0. The van der Waals surface area contributed by atoms with Gasteiger partial charge in [-0.15, -0.1) is 0 Å². The monoisotopic (exact) mass is 1690 g/mol. The van der Waals surface area contributed by atoms with Crippen LogP contribution in [-0.4, -0.2) is 227 Å². The van der Waals surface area contributed by atoms with Gasteiger partial charge in [-0.05, 0) is 142 Å². The molecule has 4 aromatic heterocycles. The van der Waals surface area contributed by atoms with Crippen LogP contribution in [0.25, 0.3) is 49.9 Å². The predicted molar refractivity (Wildman–Crippen MR) is 453 cm³/mol. The van der Waals surface area contributed by atoms with E-state index in [0.717, 1.165) is 44.5 Å². The summed E-state index contributed by atoms with van der Waals surface area (Å²) in [6.07, 6.45) is 8.28. The normalized spacial score (nSPS) is 15.0. The highest BCUT2D eigenvalue weighted by Gasteiger charge is 2.52. The SMILES string of the molecule is C=CC1=C(C)c2cc3[nH]c(cc4nc(cc5[nH]c(cc1n2)c(C)c5CCC(=O)NCC(=O)OCCSSC[C@@H](NC(=O)CCOCCOCCOCCOCCOCCOCCCC(=O)CC[C@H](NC(=O)c1ccc(NCc2cnc5cc(N)[nH]c(=O)c5n2)cc1)C(=O)O)C(=O)O)C(CCC(C)=O)=C4C)[C@]1(C)C3=CC=C(C(=O)CC)[C@@H]1C(=O)OC. The van der Waals surface area contributed by atoms with Crippen LogP contribution in [-0.2, 0) is 99.4 Å². The summed E-state index contributed by atoms with van der Waals surface area (Å²) >= 11 is 0. The number of Topliss-reactive ketones (excluding diaryl/α,β-unsaturated/α-hetero) is 3. The first-order valence-electron chi connectivity index (χ1n) is 39.5. The lowest BCUT2D eigenvalue weighted by Crippen LogP contribution is -2.42. The maximum atomic E-state index is 14.0. The Morgan fingerprint density at radius 3 is 1.98 bits per heavy atom. The Hall–Kier alpha value is -11.1. The van der Waals surface area contributed by atoms with Crippen molar-refractivity contribution in [3.63, 3.8) is 0 Å². The molecule has 642 valence electrons. The van der Waals surface area contributed by atoms with Crippen molar-refractivity contribution in [1.82, 2.24) is 50.8 Å². The Morgan fingerprint density at radius 2 is 1.33 bits per heavy atom. The lowest BCUT2D eigenvalue weighted by atomic mass is 9.63. The number of esters is 2. The Kier molecular flexibility index (Phi) is 35.5. The van der Waals surface area contributed by atoms with Crippen molar-refractivity contribution in [2.75, 3.05) is 122 Å². The largest absolute Gasteiger partial charge is 0.480 e. The first kappa shape index (κ1) is 92.8. The van der Waals surface area contributed by atoms with E-state index in [-0.39, 0.29) is 124 Å². The number of ketones is 3. The number of hydrogen-bond donors (Lipinski definition) is 10. The molecule has 11 N–H and O–H groups in total. The van der Waals surface area contributed by atoms with Crippen LogP contribution in [0.5, 0.6) is 0 Å². The number of aromatic nitrogens is 7. The van der Waals surface area contributed by atoms with E-state index in [9.17, 15) is 63.0 Å². The van der Waals surface area contributed by atoms with Gasteiger partial charge in [0.25, 0.3) is 11.5 Å². The zero-order valence-electron chi connectivity index (χ0n) is 68.4. The molecule has 3 amide bonds. The number of benzene rings is 1. The maximum Gasteiger partial charge on any atom is 0.327 e. The van der Waals surface area contributed by atoms with Crippen LogP contribution in [0.15, 0.2) is 96.0 Å². The van der Waals surface area contributed by atoms with Crippen LogP contribution < -0.4 is 32.6 Å². The van der Waals surface area contributed by atoms with Crippen molar-refractivity contribution in [2.24, 2.45) is 5.92 Å². The smallest absolute Gasteiger partial charge is 0.327 e. The van der Waals surface area contributed by atoms with Crippen LogP contribution in [0.2, 0.25) is 0 Å². The molecule has 33 nitrogen and oxygen atoms in total. The van der Waals surface area contributed by atoms with Gasteiger partial charge >= 0.3 is 23.9 Å². The highest BCUT2D eigenvalue weighted by atomic mass is 33.1. The second kappa shape index (κ2) is 45.9. The minimum atomic E-state index is -1.27. The zero-order chi connectivity index (χ0) is 86.4. The number of carboxylic acid groups (broad SMARTS) is 2. The fourth-order valence-electron chi connectivity index (χ4n) is 13.7. The van der Waals surface area contributed by atoms with Gasteiger partial charge in [0, 0.05) is 108 Å². The number of carbonyl (C=O) groups is 10. The molecule has 0 saturated heterocycles. The number of methoxy groups -OCH3 is 1. The molecular weight excluding hydrogens is 1590 g/mol. The molecule has 35 heteroatoms. The van der Waals surface area contributed by atoms with Crippen LogP contribution >= 0.6 is 21.6 Å². The predicted octanol–water partition coefficient (Wildman–Crippen LogP) is 8.68. The van der Waals surface area contributed by atoms with Crippen molar-refractivity contribution < 1.29 is 96.1 Å². The van der Waals surface area contributed by atoms with Gasteiger partial charge in [0.1, 0.15) is 48.5 Å². The molecule has 5 aromatic rings. The number of hydrogen-bond acceptors (Lipinski definition) is 27. The molecule has 4 atom stereocenters. The molecule has 0 fully saturated rings. The Morgan fingerprint density at radius 1 is 0.683 bits per heavy atom. The number of nitrogens with zero attached hydrogens (tertiary/aromatic N) is 4. The Bertz CT molecular complexity index is 5030. The van der Waals surface area contributed by atoms with E-state index in [1.807, 2.05) is 58.0 Å². The van der Waals surface area contributed by atoms with Gasteiger partial charge in [0.15, 0.2) is 11.3 Å². The summed E-state index contributed by atoms with van der Waals surface area (Å²) < 4.78 is 43.9. The van der Waals surface area contributed by atoms with Gasteiger partial charge in [-0.2, -0.15) is 0 Å². The second-order valence-electron chi connectivity index (χ2n) is 28.6. The van der Waals surface area contributed by atoms with Gasteiger partial charge in [0.2, 0.25) is 11.8 Å². The van der Waals surface area contributed by atoms with Crippen molar-refractivity contribution in [3.05, 3.63) is 158 Å². The highest BCUT2D eigenvalue weighted by molar-refractivity contribution is 8.76. The molecule has 1 aromatic carbocycles. The third-order valence-electron chi connectivity index (χ3n) is 20.3. The standard InChI is InChI=1S/C85H104N12O21S2/c1-9-57-50(4)64-41-69-61-22-20-60(72(100)10-2)78(84(110)111-8)85(61,7)73(94-69)43-65-52(6)58(19-13-49(3)98)67(93-65)42-68-59(51(5)63(92-68)40-66(57)91-64)21-24-75(101)89-47-77(103)118-38-39-119-120-48-71(83(108)109)95-76(102)25-27-113-29-31-115-33-35-117-37-36-116-34-32-114-30-28-112-26-11-12-56(99)18-23-62(82(106)107)96-80(104)53-14-16-54(17-15-53)87-45-55-46-88-70-44-74(86)97-81(105)79(70)90-55/h9,14-17,20,22,40-44,46,62,71,78,87,92,94H,1,10-13,18-19,21,23-39,45,47-48H2,2-8H3,(H,89,101)(H,95,102)(H,96,104)(H,106,107)(H,108,109)(H3,86,97,105)/t62-,71+,78+,85-/m0/s1. The van der Waals surface area contributed by atoms with Gasteiger partial charge in [-0.1, -0.05) is 53.3 Å². The first-order chi connectivity index (χ1) is 57.7. The molecule has 0 spiro atoms. The van der Waals surface area contributed by atoms with Crippen molar-refractivity contribution >= 4 is 142 Å². The highest BCUT2D eigenvalue weighted by Crippen LogP contribution is 2.53. The minimum Gasteiger partial charge on any atom is -0.480 e. The number of allylic oxidation sites excluding steroid dienone is 8. The number of rotatable bonds is 51. The molecular formula is C85H104N12O21S2. The van der Waals surface area contributed by atoms with E-state index < -0.39 is 77.1 Å². The number of nitrogens with one attached hydrogen (secondary N) is 7. The number of fused-ring (bicyclic) bond motifs is 12. The van der Waals surface area contributed by atoms with E-state index in [4.69, 9.17) is 53.6 Å².